The number of alkyl halides is 2. The molecular weight excluding hydrogens is 427 g/mol. The highest BCUT2D eigenvalue weighted by Crippen LogP contribution is 2.37. The second-order valence-electron chi connectivity index (χ2n) is 5.25. The van der Waals surface area contributed by atoms with Crippen LogP contribution in [-0.4, -0.2) is 10.7 Å². The van der Waals surface area contributed by atoms with Crippen LogP contribution in [0, 0.1) is 17.2 Å². The van der Waals surface area contributed by atoms with Crippen LogP contribution in [0.2, 0.25) is 0 Å². The van der Waals surface area contributed by atoms with E-state index >= 15 is 0 Å². The van der Waals surface area contributed by atoms with E-state index in [2.05, 4.69) is 61.6 Å². The Morgan fingerprint density at radius 3 is 2.33 bits per heavy atom. The van der Waals surface area contributed by atoms with Crippen LogP contribution >= 0.6 is 47.8 Å². The molecule has 18 heavy (non-hydrogen) atoms. The molecule has 0 aliphatic heterocycles. The van der Waals surface area contributed by atoms with Gasteiger partial charge in [-0.25, -0.2) is 4.39 Å². The molecule has 0 aliphatic rings. The van der Waals surface area contributed by atoms with Crippen molar-refractivity contribution in [2.75, 3.05) is 10.7 Å². The van der Waals surface area contributed by atoms with E-state index in [1.54, 1.807) is 6.07 Å². The molecule has 0 fully saturated rings. The van der Waals surface area contributed by atoms with Gasteiger partial charge in [0.05, 0.1) is 4.47 Å². The predicted molar refractivity (Wildman–Crippen MR) is 87.3 cm³/mol. The van der Waals surface area contributed by atoms with Gasteiger partial charge in [-0.05, 0) is 51.7 Å². The molecule has 1 aromatic carbocycles. The molecule has 102 valence electrons. The fourth-order valence-electron chi connectivity index (χ4n) is 2.27. The number of rotatable bonds is 6. The molecule has 0 radical (unpaired) electrons. The molecule has 0 N–H and O–H groups in total. The van der Waals surface area contributed by atoms with E-state index in [1.807, 2.05) is 6.07 Å². The van der Waals surface area contributed by atoms with Gasteiger partial charge in [0.2, 0.25) is 0 Å². The number of hydrogen-bond acceptors (Lipinski definition) is 0. The van der Waals surface area contributed by atoms with Crippen molar-refractivity contribution < 1.29 is 4.39 Å². The van der Waals surface area contributed by atoms with Gasteiger partial charge in [0.15, 0.2) is 0 Å². The van der Waals surface area contributed by atoms with E-state index in [-0.39, 0.29) is 11.2 Å². The van der Waals surface area contributed by atoms with Gasteiger partial charge >= 0.3 is 0 Å². The largest absolute Gasteiger partial charge is 0.206 e. The Balaban J connectivity index is 2.99. The summed E-state index contributed by atoms with van der Waals surface area (Å²) in [5.74, 6) is 0.433. The molecule has 0 spiro atoms. The van der Waals surface area contributed by atoms with Crippen molar-refractivity contribution in [3.05, 3.63) is 34.1 Å². The lowest BCUT2D eigenvalue weighted by Gasteiger charge is -2.32. The summed E-state index contributed by atoms with van der Waals surface area (Å²) >= 11 is 10.6. The first kappa shape index (κ1) is 16.6. The fourth-order valence-corrected chi connectivity index (χ4v) is 4.45. The zero-order valence-electron chi connectivity index (χ0n) is 10.6. The van der Waals surface area contributed by atoms with Gasteiger partial charge in [-0.3, -0.25) is 0 Å². The quantitative estimate of drug-likeness (QED) is 0.475. The maximum atomic E-state index is 13.6. The van der Waals surface area contributed by atoms with Crippen molar-refractivity contribution in [2.45, 2.75) is 26.7 Å². The molecule has 0 unspecified atom stereocenters. The molecule has 0 aliphatic carbocycles. The lowest BCUT2D eigenvalue weighted by molar-refractivity contribution is 0.303. The SMILES string of the molecule is CC(C)CC(CBr)(CBr)Cc1cccc(F)c1Br. The average Bonchev–Trinajstić information content (AvgIpc) is 2.33. The van der Waals surface area contributed by atoms with Crippen molar-refractivity contribution >= 4 is 47.8 Å². The summed E-state index contributed by atoms with van der Waals surface area (Å²) in [4.78, 5) is 0. The lowest BCUT2D eigenvalue weighted by Crippen LogP contribution is -2.29. The number of halogens is 4. The Morgan fingerprint density at radius 2 is 1.83 bits per heavy atom. The summed E-state index contributed by atoms with van der Waals surface area (Å²) in [7, 11) is 0. The third-order valence-corrected chi connectivity index (χ3v) is 6.27. The average molecular weight is 445 g/mol. The summed E-state index contributed by atoms with van der Waals surface area (Å²) in [6, 6.07) is 5.26. The summed E-state index contributed by atoms with van der Waals surface area (Å²) in [6.45, 7) is 4.45. The second kappa shape index (κ2) is 7.39. The van der Waals surface area contributed by atoms with Gasteiger partial charge in [-0.1, -0.05) is 57.8 Å². The minimum absolute atomic E-state index is 0.129. The van der Waals surface area contributed by atoms with Gasteiger partial charge in [-0.2, -0.15) is 0 Å². The fraction of sp³-hybridized carbons (Fsp3) is 0.571. The van der Waals surface area contributed by atoms with E-state index in [9.17, 15) is 4.39 Å². The van der Waals surface area contributed by atoms with E-state index < -0.39 is 0 Å². The van der Waals surface area contributed by atoms with Crippen LogP contribution < -0.4 is 0 Å². The molecule has 1 rings (SSSR count). The van der Waals surface area contributed by atoms with E-state index in [4.69, 9.17) is 0 Å². The molecule has 0 nitrogen and oxygen atoms in total. The Labute approximate surface area is 134 Å². The predicted octanol–water partition coefficient (Wildman–Crippen LogP) is 5.95. The van der Waals surface area contributed by atoms with Crippen molar-refractivity contribution in [1.29, 1.82) is 0 Å². The topological polar surface area (TPSA) is 0 Å². The molecule has 0 bridgehead atoms. The summed E-state index contributed by atoms with van der Waals surface area (Å²) < 4.78 is 14.2. The van der Waals surface area contributed by atoms with Crippen LogP contribution in [0.15, 0.2) is 22.7 Å². The molecule has 0 saturated carbocycles. The zero-order chi connectivity index (χ0) is 13.8. The maximum Gasteiger partial charge on any atom is 0.137 e. The Bertz CT molecular complexity index is 387. The summed E-state index contributed by atoms with van der Waals surface area (Å²) in [6.07, 6.45) is 1.96. The second-order valence-corrected chi connectivity index (χ2v) is 7.17. The Kier molecular flexibility index (Phi) is 6.84. The van der Waals surface area contributed by atoms with Gasteiger partial charge in [0.1, 0.15) is 5.82 Å². The molecule has 4 heteroatoms. The smallest absolute Gasteiger partial charge is 0.137 e. The molecule has 0 aromatic heterocycles. The molecule has 0 saturated heterocycles. The van der Waals surface area contributed by atoms with Gasteiger partial charge in [-0.15, -0.1) is 0 Å². The van der Waals surface area contributed by atoms with Crippen molar-refractivity contribution in [3.63, 3.8) is 0 Å². The Hall–Kier alpha value is 0.590. The first-order chi connectivity index (χ1) is 8.44. The van der Waals surface area contributed by atoms with Crippen molar-refractivity contribution in [1.82, 2.24) is 0 Å². The highest BCUT2D eigenvalue weighted by atomic mass is 79.9. The van der Waals surface area contributed by atoms with Crippen LogP contribution in [0.1, 0.15) is 25.8 Å². The normalized spacial score (nSPS) is 12.2. The highest BCUT2D eigenvalue weighted by molar-refractivity contribution is 9.10. The van der Waals surface area contributed by atoms with Crippen LogP contribution in [-0.2, 0) is 6.42 Å². The minimum atomic E-state index is -0.185. The van der Waals surface area contributed by atoms with Crippen LogP contribution in [0.25, 0.3) is 0 Å². The number of hydrogen-bond donors (Lipinski definition) is 0. The zero-order valence-corrected chi connectivity index (χ0v) is 15.4. The highest BCUT2D eigenvalue weighted by Gasteiger charge is 2.30. The third kappa shape index (κ3) is 4.31. The summed E-state index contributed by atoms with van der Waals surface area (Å²) in [5, 5.41) is 1.82. The van der Waals surface area contributed by atoms with Crippen LogP contribution in [0.3, 0.4) is 0 Å². The number of benzene rings is 1. The minimum Gasteiger partial charge on any atom is -0.206 e. The first-order valence-electron chi connectivity index (χ1n) is 5.99. The van der Waals surface area contributed by atoms with Gasteiger partial charge in [0, 0.05) is 10.7 Å². The van der Waals surface area contributed by atoms with Crippen LogP contribution in [0.4, 0.5) is 4.39 Å². The molecule has 0 amide bonds. The summed E-state index contributed by atoms with van der Waals surface area (Å²) in [5.41, 5.74) is 1.17. The van der Waals surface area contributed by atoms with E-state index in [0.717, 1.165) is 29.1 Å². The molecule has 0 atom stereocenters. The lowest BCUT2D eigenvalue weighted by atomic mass is 9.79. The molecular formula is C14H18Br3F. The maximum absolute atomic E-state index is 13.6. The molecule has 0 heterocycles. The first-order valence-corrected chi connectivity index (χ1v) is 9.02. The van der Waals surface area contributed by atoms with E-state index in [1.165, 1.54) is 6.07 Å². The Morgan fingerprint density at radius 1 is 1.22 bits per heavy atom. The monoisotopic (exact) mass is 442 g/mol. The van der Waals surface area contributed by atoms with Gasteiger partial charge in [0.25, 0.3) is 0 Å². The van der Waals surface area contributed by atoms with Crippen molar-refractivity contribution in [3.8, 4) is 0 Å². The van der Waals surface area contributed by atoms with Gasteiger partial charge < -0.3 is 0 Å². The van der Waals surface area contributed by atoms with E-state index in [0.29, 0.717) is 10.4 Å². The third-order valence-electron chi connectivity index (χ3n) is 3.01. The van der Waals surface area contributed by atoms with Crippen LogP contribution in [0.5, 0.6) is 0 Å². The van der Waals surface area contributed by atoms with Crippen molar-refractivity contribution in [2.24, 2.45) is 11.3 Å². The molecule has 1 aromatic rings. The standard InChI is InChI=1S/C14H18Br3F/c1-10(2)6-14(8-15,9-16)7-11-4-3-5-12(18)13(11)17/h3-5,10H,6-9H2,1-2H3.